The maximum Gasteiger partial charge on any atom is 0.143 e. The lowest BCUT2D eigenvalue weighted by atomic mass is 9.91. The van der Waals surface area contributed by atoms with E-state index in [0.717, 1.165) is 61.3 Å². The van der Waals surface area contributed by atoms with Crippen LogP contribution in [-0.2, 0) is 0 Å². The number of benzene rings is 12. The molecule has 0 radical (unpaired) electrons. The highest BCUT2D eigenvalue weighted by molar-refractivity contribution is 6.15. The van der Waals surface area contributed by atoms with Gasteiger partial charge >= 0.3 is 0 Å². The molecule has 0 N–H and O–H groups in total. The van der Waals surface area contributed by atoms with Gasteiger partial charge in [-0.25, -0.2) is 0 Å². The number of hydrogen-bond donors (Lipinski definition) is 0. The summed E-state index contributed by atoms with van der Waals surface area (Å²) in [5, 5.41) is 12.1. The SMILES string of the molecule is c1cc(-c2ccc(N(c3ccc(-c4cc(-c5cccc6ccccc56)cc5ccccc45)cc3)c3cc4ccccc4c4ccccc34)cc2)cc(-c2cccc3c2oc2ccccc23)c1. The Kier molecular flexibility index (Phi) is 8.89. The second kappa shape index (κ2) is 15.5. The number of anilines is 3. The molecule has 0 unspecified atom stereocenters. The van der Waals surface area contributed by atoms with Gasteiger partial charge in [-0.3, -0.25) is 0 Å². The van der Waals surface area contributed by atoms with Gasteiger partial charge in [-0.2, -0.15) is 0 Å². The smallest absolute Gasteiger partial charge is 0.143 e. The van der Waals surface area contributed by atoms with E-state index in [-0.39, 0.29) is 0 Å². The molecule has 0 aliphatic heterocycles. The molecule has 66 heavy (non-hydrogen) atoms. The third-order valence-electron chi connectivity index (χ3n) is 13.4. The normalized spacial score (nSPS) is 11.6. The topological polar surface area (TPSA) is 16.4 Å². The molecule has 0 saturated carbocycles. The maximum absolute atomic E-state index is 6.45. The van der Waals surface area contributed by atoms with Gasteiger partial charge in [0.1, 0.15) is 11.2 Å². The fourth-order valence-corrected chi connectivity index (χ4v) is 10.3. The van der Waals surface area contributed by atoms with E-state index in [1.165, 1.54) is 65.3 Å². The summed E-state index contributed by atoms with van der Waals surface area (Å²) in [5.41, 5.74) is 14.5. The van der Waals surface area contributed by atoms with Gasteiger partial charge in [0.25, 0.3) is 0 Å². The molecule has 0 atom stereocenters. The van der Waals surface area contributed by atoms with Crippen LogP contribution in [0.15, 0.2) is 253 Å². The first-order valence-electron chi connectivity index (χ1n) is 22.7. The summed E-state index contributed by atoms with van der Waals surface area (Å²) in [5.74, 6) is 0. The molecule has 0 fully saturated rings. The molecule has 0 amide bonds. The Morgan fingerprint density at radius 2 is 0.788 bits per heavy atom. The molecule has 13 rings (SSSR count). The van der Waals surface area contributed by atoms with Crippen LogP contribution >= 0.6 is 0 Å². The summed E-state index contributed by atoms with van der Waals surface area (Å²) >= 11 is 0. The van der Waals surface area contributed by atoms with Crippen LogP contribution in [0.25, 0.3) is 110 Å². The highest BCUT2D eigenvalue weighted by Gasteiger charge is 2.19. The van der Waals surface area contributed by atoms with Gasteiger partial charge in [0, 0.05) is 33.1 Å². The van der Waals surface area contributed by atoms with Crippen LogP contribution in [-0.4, -0.2) is 0 Å². The van der Waals surface area contributed by atoms with Gasteiger partial charge in [-0.1, -0.05) is 194 Å². The van der Waals surface area contributed by atoms with E-state index in [2.05, 4.69) is 241 Å². The van der Waals surface area contributed by atoms with Crippen LogP contribution in [0.4, 0.5) is 17.1 Å². The summed E-state index contributed by atoms with van der Waals surface area (Å²) in [6.07, 6.45) is 0. The third-order valence-corrected chi connectivity index (χ3v) is 13.4. The van der Waals surface area contributed by atoms with Crippen molar-refractivity contribution < 1.29 is 4.42 Å². The van der Waals surface area contributed by atoms with Crippen LogP contribution in [0.3, 0.4) is 0 Å². The van der Waals surface area contributed by atoms with Crippen molar-refractivity contribution in [3.8, 4) is 44.5 Å². The molecular formula is C64H41NO. The average Bonchev–Trinajstić information content (AvgIpc) is 3.78. The maximum atomic E-state index is 6.45. The zero-order valence-corrected chi connectivity index (χ0v) is 36.0. The zero-order chi connectivity index (χ0) is 43.6. The van der Waals surface area contributed by atoms with Crippen molar-refractivity contribution in [1.29, 1.82) is 0 Å². The van der Waals surface area contributed by atoms with E-state index in [4.69, 9.17) is 4.42 Å². The second-order valence-electron chi connectivity index (χ2n) is 17.2. The molecule has 13 aromatic rings. The van der Waals surface area contributed by atoms with Crippen LogP contribution in [0.2, 0.25) is 0 Å². The Bertz CT molecular complexity index is 3990. The molecular weight excluding hydrogens is 799 g/mol. The molecule has 1 heterocycles. The fourth-order valence-electron chi connectivity index (χ4n) is 10.3. The molecule has 2 heteroatoms. The largest absolute Gasteiger partial charge is 0.455 e. The predicted molar refractivity (Wildman–Crippen MR) is 280 cm³/mol. The number of furan rings is 1. The Morgan fingerprint density at radius 3 is 1.56 bits per heavy atom. The first kappa shape index (κ1) is 37.8. The monoisotopic (exact) mass is 839 g/mol. The highest BCUT2D eigenvalue weighted by Crippen LogP contribution is 2.44. The number of fused-ring (bicyclic) bond motifs is 8. The lowest BCUT2D eigenvalue weighted by molar-refractivity contribution is 0.670. The molecule has 2 nitrogen and oxygen atoms in total. The quantitative estimate of drug-likeness (QED) is 0.149. The Morgan fingerprint density at radius 1 is 0.258 bits per heavy atom. The number of para-hydroxylation sites is 2. The van der Waals surface area contributed by atoms with Crippen molar-refractivity contribution in [2.75, 3.05) is 4.90 Å². The summed E-state index contributed by atoms with van der Waals surface area (Å²) in [6, 6.07) is 90.4. The van der Waals surface area contributed by atoms with E-state index in [0.29, 0.717) is 0 Å². The first-order valence-corrected chi connectivity index (χ1v) is 22.7. The summed E-state index contributed by atoms with van der Waals surface area (Å²) in [7, 11) is 0. The molecule has 12 aromatic carbocycles. The van der Waals surface area contributed by atoms with Gasteiger partial charge in [-0.15, -0.1) is 0 Å². The number of hydrogen-bond acceptors (Lipinski definition) is 2. The molecule has 0 saturated heterocycles. The Labute approximate surface area is 382 Å². The minimum Gasteiger partial charge on any atom is -0.455 e. The van der Waals surface area contributed by atoms with Crippen LogP contribution in [0.5, 0.6) is 0 Å². The Hall–Kier alpha value is -8.72. The first-order chi connectivity index (χ1) is 32.7. The molecule has 0 bridgehead atoms. The lowest BCUT2D eigenvalue weighted by Crippen LogP contribution is -2.10. The predicted octanol–water partition coefficient (Wildman–Crippen LogP) is 18.3. The van der Waals surface area contributed by atoms with Crippen molar-refractivity contribution in [3.63, 3.8) is 0 Å². The van der Waals surface area contributed by atoms with Crippen LogP contribution in [0, 0.1) is 0 Å². The summed E-state index contributed by atoms with van der Waals surface area (Å²) < 4.78 is 6.45. The van der Waals surface area contributed by atoms with Crippen molar-refractivity contribution in [1.82, 2.24) is 0 Å². The van der Waals surface area contributed by atoms with Crippen molar-refractivity contribution >= 4 is 82.1 Å². The minimum atomic E-state index is 0.907. The fraction of sp³-hybridized carbons (Fsp3) is 0. The number of rotatable bonds is 7. The second-order valence-corrected chi connectivity index (χ2v) is 17.2. The minimum absolute atomic E-state index is 0.907. The summed E-state index contributed by atoms with van der Waals surface area (Å²) in [6.45, 7) is 0. The van der Waals surface area contributed by atoms with E-state index < -0.39 is 0 Å². The average molecular weight is 840 g/mol. The third kappa shape index (κ3) is 6.34. The molecule has 1 aromatic heterocycles. The van der Waals surface area contributed by atoms with E-state index in [1.54, 1.807) is 0 Å². The lowest BCUT2D eigenvalue weighted by Gasteiger charge is -2.28. The van der Waals surface area contributed by atoms with Gasteiger partial charge < -0.3 is 9.32 Å². The van der Waals surface area contributed by atoms with Crippen LogP contribution < -0.4 is 4.90 Å². The molecule has 0 aliphatic carbocycles. The molecule has 308 valence electrons. The highest BCUT2D eigenvalue weighted by atomic mass is 16.3. The van der Waals surface area contributed by atoms with Gasteiger partial charge in [0.05, 0.1) is 5.69 Å². The Balaban J connectivity index is 0.930. The standard InChI is InChI=1S/C64H41NO/c1-4-20-52-43(14-1)17-12-26-55(52)49-39-46-15-2-6-22-54(46)61(40-49)44-32-36-51(37-33-44)65(62-41-48-16-3-5-21-53(48)57-23-7-8-24-58(57)62)50-34-30-42(31-35-50)45-18-11-19-47(38-45)56-27-13-28-60-59-25-9-10-29-63(59)66-64(56)60/h1-41H. The number of nitrogens with zero attached hydrogens (tertiary/aromatic N) is 1. The van der Waals surface area contributed by atoms with Gasteiger partial charge in [0.2, 0.25) is 0 Å². The summed E-state index contributed by atoms with van der Waals surface area (Å²) in [4.78, 5) is 2.42. The molecule has 0 aliphatic rings. The van der Waals surface area contributed by atoms with Crippen molar-refractivity contribution in [3.05, 3.63) is 249 Å². The van der Waals surface area contributed by atoms with Gasteiger partial charge in [-0.05, 0) is 131 Å². The van der Waals surface area contributed by atoms with E-state index in [1.807, 2.05) is 12.1 Å². The zero-order valence-electron chi connectivity index (χ0n) is 36.0. The van der Waals surface area contributed by atoms with Gasteiger partial charge in [0.15, 0.2) is 0 Å². The van der Waals surface area contributed by atoms with Crippen LogP contribution in [0.1, 0.15) is 0 Å². The van der Waals surface area contributed by atoms with Crippen molar-refractivity contribution in [2.45, 2.75) is 0 Å². The van der Waals surface area contributed by atoms with E-state index >= 15 is 0 Å². The van der Waals surface area contributed by atoms with Crippen molar-refractivity contribution in [2.24, 2.45) is 0 Å². The molecule has 0 spiro atoms. The van der Waals surface area contributed by atoms with E-state index in [9.17, 15) is 0 Å².